The second-order valence-electron chi connectivity index (χ2n) is 6.40. The second kappa shape index (κ2) is 7.15. The molecule has 3 rings (SSSR count). The first-order valence-corrected chi connectivity index (χ1v) is 10.7. The molecule has 0 spiro atoms. The summed E-state index contributed by atoms with van der Waals surface area (Å²) in [5.41, 5.74) is -5.29. The highest BCUT2D eigenvalue weighted by atomic mass is 35.5. The Morgan fingerprint density at radius 1 is 1.43 bits per heavy atom. The Balaban J connectivity index is 2.09. The van der Waals surface area contributed by atoms with E-state index in [-0.39, 0.29) is 4.57 Å². The quantitative estimate of drug-likeness (QED) is 0.536. The lowest BCUT2D eigenvalue weighted by Crippen LogP contribution is -2.57. The Bertz CT molecular complexity index is 942. The largest absolute Gasteiger partial charge is 0.333 e. The van der Waals surface area contributed by atoms with E-state index in [4.69, 9.17) is 41.7 Å². The van der Waals surface area contributed by atoms with Crippen LogP contribution in [-0.4, -0.2) is 46.3 Å². The van der Waals surface area contributed by atoms with Crippen LogP contribution in [0.3, 0.4) is 0 Å². The number of nitrogens with zero attached hydrogens (tertiary/aromatic N) is 1. The Morgan fingerprint density at radius 2 is 2.07 bits per heavy atom. The standard InChI is InChI=1S/C13H14ClF4N2O6PS/c1-5(2)25-27(28)23-4-12(9(15)16)8(26-27)13(17,18)10(24-12)20-3-6(14)7(21)19-11(20)22/h3,5,8-10H,4H2,1-2H3,(H,19,21,22). The summed E-state index contributed by atoms with van der Waals surface area (Å²) in [6.45, 7) is -1.76. The maximum absolute atomic E-state index is 15.1. The van der Waals surface area contributed by atoms with Gasteiger partial charge in [0.1, 0.15) is 5.02 Å². The molecule has 2 aliphatic heterocycles. The van der Waals surface area contributed by atoms with Gasteiger partial charge in [-0.15, -0.1) is 0 Å². The van der Waals surface area contributed by atoms with Gasteiger partial charge in [-0.05, 0) is 25.7 Å². The predicted molar refractivity (Wildman–Crippen MR) is 91.5 cm³/mol. The van der Waals surface area contributed by atoms with E-state index in [2.05, 4.69) is 0 Å². The second-order valence-corrected chi connectivity index (χ2v) is 9.73. The van der Waals surface area contributed by atoms with E-state index in [0.717, 1.165) is 0 Å². The number of H-pyrrole nitrogens is 1. The number of aromatic amines is 1. The number of rotatable bonds is 4. The van der Waals surface area contributed by atoms with Crippen LogP contribution in [0.1, 0.15) is 20.1 Å². The maximum Gasteiger partial charge on any atom is 0.330 e. The SMILES string of the molecule is CC(C)OP1(=S)OCC2(C(F)F)OC(n3cc(Cl)c(=O)[nH]c3=O)C(F)(F)C2O1. The Morgan fingerprint density at radius 3 is 2.64 bits per heavy atom. The van der Waals surface area contributed by atoms with Crippen molar-refractivity contribution in [3.05, 3.63) is 32.1 Å². The van der Waals surface area contributed by atoms with E-state index < -0.39 is 66.0 Å². The summed E-state index contributed by atoms with van der Waals surface area (Å²) in [7, 11) is 0. The van der Waals surface area contributed by atoms with E-state index in [1.165, 1.54) is 13.8 Å². The summed E-state index contributed by atoms with van der Waals surface area (Å²) in [4.78, 5) is 25.0. The molecule has 0 amide bonds. The molecule has 8 nitrogen and oxygen atoms in total. The summed E-state index contributed by atoms with van der Waals surface area (Å²) in [6.07, 6.45) is -8.62. The molecule has 3 heterocycles. The van der Waals surface area contributed by atoms with Crippen molar-refractivity contribution in [3.8, 4) is 0 Å². The van der Waals surface area contributed by atoms with Crippen LogP contribution in [0.4, 0.5) is 17.6 Å². The number of ether oxygens (including phenoxy) is 1. The van der Waals surface area contributed by atoms with Crippen molar-refractivity contribution in [2.75, 3.05) is 6.61 Å². The molecule has 28 heavy (non-hydrogen) atoms. The molecule has 4 atom stereocenters. The highest BCUT2D eigenvalue weighted by Crippen LogP contribution is 2.64. The molecular formula is C13H14ClF4N2O6PS. The van der Waals surface area contributed by atoms with Crippen molar-refractivity contribution in [2.24, 2.45) is 0 Å². The predicted octanol–water partition coefficient (Wildman–Crippen LogP) is 2.42. The van der Waals surface area contributed by atoms with Gasteiger partial charge in [-0.1, -0.05) is 11.6 Å². The summed E-state index contributed by atoms with van der Waals surface area (Å²) < 4.78 is 78.3. The third-order valence-corrected chi connectivity index (χ3v) is 6.72. The van der Waals surface area contributed by atoms with Crippen molar-refractivity contribution in [1.29, 1.82) is 0 Å². The minimum Gasteiger partial charge on any atom is -0.333 e. The number of hydrogen-bond acceptors (Lipinski definition) is 7. The van der Waals surface area contributed by atoms with Crippen LogP contribution in [0.2, 0.25) is 5.02 Å². The van der Waals surface area contributed by atoms with Crippen LogP contribution in [0, 0.1) is 0 Å². The number of aromatic nitrogens is 2. The lowest BCUT2D eigenvalue weighted by atomic mass is 9.96. The van der Waals surface area contributed by atoms with Crippen molar-refractivity contribution in [1.82, 2.24) is 9.55 Å². The molecule has 0 aliphatic carbocycles. The zero-order chi connectivity index (χ0) is 21.1. The van der Waals surface area contributed by atoms with E-state index in [1.807, 2.05) is 0 Å². The van der Waals surface area contributed by atoms with Crippen LogP contribution in [-0.2, 0) is 30.1 Å². The number of fused-ring (bicyclic) bond motifs is 1. The topological polar surface area (TPSA) is 91.8 Å². The zero-order valence-corrected chi connectivity index (χ0v) is 16.7. The molecular weight excluding hydrogens is 455 g/mol. The number of nitrogens with one attached hydrogen (secondary N) is 1. The van der Waals surface area contributed by atoms with Gasteiger partial charge in [-0.25, -0.2) is 13.6 Å². The molecule has 0 aromatic carbocycles. The Kier molecular flexibility index (Phi) is 5.59. The lowest BCUT2D eigenvalue weighted by Gasteiger charge is -2.41. The van der Waals surface area contributed by atoms with Crippen LogP contribution >= 0.6 is 18.3 Å². The van der Waals surface area contributed by atoms with Crippen molar-refractivity contribution >= 4 is 30.1 Å². The number of alkyl halides is 4. The van der Waals surface area contributed by atoms with E-state index in [9.17, 15) is 18.4 Å². The first-order chi connectivity index (χ1) is 12.8. The fourth-order valence-corrected chi connectivity index (χ4v) is 5.54. The molecule has 2 saturated heterocycles. The monoisotopic (exact) mass is 468 g/mol. The molecule has 1 N–H and O–H groups in total. The number of hydrogen-bond donors (Lipinski definition) is 1. The maximum atomic E-state index is 15.1. The molecule has 2 aliphatic rings. The zero-order valence-electron chi connectivity index (χ0n) is 14.2. The molecule has 0 saturated carbocycles. The van der Waals surface area contributed by atoms with Gasteiger partial charge in [0.05, 0.1) is 12.7 Å². The molecule has 1 aromatic heterocycles. The fourth-order valence-electron chi connectivity index (χ4n) is 2.83. The highest BCUT2D eigenvalue weighted by molar-refractivity contribution is 8.07. The molecule has 1 aromatic rings. The first kappa shape index (κ1) is 21.9. The third kappa shape index (κ3) is 3.47. The minimum absolute atomic E-state index is 0.211. The summed E-state index contributed by atoms with van der Waals surface area (Å²) >= 11 is 10.6. The van der Waals surface area contributed by atoms with Gasteiger partial charge >= 0.3 is 18.3 Å². The summed E-state index contributed by atoms with van der Waals surface area (Å²) in [5.74, 6) is -4.17. The molecule has 15 heteroatoms. The molecule has 158 valence electrons. The van der Waals surface area contributed by atoms with Gasteiger partial charge in [0, 0.05) is 6.20 Å². The van der Waals surface area contributed by atoms with Crippen molar-refractivity contribution < 1.29 is 35.9 Å². The van der Waals surface area contributed by atoms with E-state index >= 15 is 8.78 Å². The van der Waals surface area contributed by atoms with Crippen LogP contribution in [0.5, 0.6) is 0 Å². The Labute approximate surface area is 164 Å². The fraction of sp³-hybridized carbons (Fsp3) is 0.692. The van der Waals surface area contributed by atoms with Crippen molar-refractivity contribution in [2.45, 2.75) is 50.2 Å². The van der Waals surface area contributed by atoms with Gasteiger partial charge in [0.15, 0.2) is 11.7 Å². The molecule has 2 fully saturated rings. The molecule has 4 unspecified atom stereocenters. The minimum atomic E-state index is -4.17. The lowest BCUT2D eigenvalue weighted by molar-refractivity contribution is -0.205. The number of halogens is 5. The van der Waals surface area contributed by atoms with Gasteiger partial charge in [0.2, 0.25) is 6.23 Å². The molecule has 0 radical (unpaired) electrons. The Hall–Kier alpha value is -0.820. The average Bonchev–Trinajstić information content (AvgIpc) is 2.79. The summed E-state index contributed by atoms with van der Waals surface area (Å²) in [5, 5.41) is -0.620. The van der Waals surface area contributed by atoms with Gasteiger partial charge in [-0.2, -0.15) is 8.78 Å². The van der Waals surface area contributed by atoms with Crippen LogP contribution < -0.4 is 11.2 Å². The molecule has 0 bridgehead atoms. The smallest absolute Gasteiger partial charge is 0.330 e. The van der Waals surface area contributed by atoms with Gasteiger partial charge < -0.3 is 13.8 Å². The van der Waals surface area contributed by atoms with Crippen molar-refractivity contribution in [3.63, 3.8) is 0 Å². The summed E-state index contributed by atoms with van der Waals surface area (Å²) in [6, 6.07) is 0. The van der Waals surface area contributed by atoms with Crippen LogP contribution in [0.25, 0.3) is 0 Å². The van der Waals surface area contributed by atoms with E-state index in [1.54, 1.807) is 4.98 Å². The average molecular weight is 469 g/mol. The van der Waals surface area contributed by atoms with E-state index in [0.29, 0.717) is 6.20 Å². The van der Waals surface area contributed by atoms with Gasteiger partial charge in [-0.3, -0.25) is 18.9 Å². The first-order valence-electron chi connectivity index (χ1n) is 7.78. The highest BCUT2D eigenvalue weighted by Gasteiger charge is 2.75. The van der Waals surface area contributed by atoms with Crippen LogP contribution in [0.15, 0.2) is 15.8 Å². The normalized spacial score (nSPS) is 34.8. The van der Waals surface area contributed by atoms with Gasteiger partial charge in [0.25, 0.3) is 12.0 Å². The third-order valence-electron chi connectivity index (χ3n) is 4.02.